The molecule has 1 heterocycles. The maximum Gasteiger partial charge on any atom is 0.269 e. The van der Waals surface area contributed by atoms with E-state index in [1.165, 1.54) is 18.3 Å². The molecule has 6 nitrogen and oxygen atoms in total. The minimum Gasteiger partial charge on any atom is -0.460 e. The van der Waals surface area contributed by atoms with E-state index in [1.807, 2.05) is 13.0 Å². The van der Waals surface area contributed by atoms with Crippen molar-refractivity contribution in [2.24, 2.45) is 5.10 Å². The minimum absolute atomic E-state index is 0.0474. The molecule has 0 radical (unpaired) electrons. The molecule has 0 amide bonds. The molecule has 2 aromatic rings. The van der Waals surface area contributed by atoms with Crippen LogP contribution >= 0.6 is 0 Å². The summed E-state index contributed by atoms with van der Waals surface area (Å²) >= 11 is 0. The van der Waals surface area contributed by atoms with Gasteiger partial charge in [0.15, 0.2) is 0 Å². The third-order valence-corrected chi connectivity index (χ3v) is 2.22. The Morgan fingerprint density at radius 1 is 1.28 bits per heavy atom. The molecule has 0 saturated carbocycles. The number of nitro benzene ring substituents is 1. The van der Waals surface area contributed by atoms with Crippen LogP contribution in [0.1, 0.15) is 11.5 Å². The summed E-state index contributed by atoms with van der Waals surface area (Å²) < 4.78 is 5.29. The molecule has 0 bridgehead atoms. The van der Waals surface area contributed by atoms with E-state index in [0.29, 0.717) is 11.4 Å². The average Bonchev–Trinajstić information content (AvgIpc) is 2.76. The lowest BCUT2D eigenvalue weighted by Crippen LogP contribution is -1.91. The molecule has 0 unspecified atom stereocenters. The van der Waals surface area contributed by atoms with Crippen LogP contribution < -0.4 is 5.43 Å². The highest BCUT2D eigenvalue weighted by Crippen LogP contribution is 2.15. The zero-order chi connectivity index (χ0) is 13.0. The number of nitro groups is 1. The number of hydrogen-bond acceptors (Lipinski definition) is 5. The Kier molecular flexibility index (Phi) is 3.38. The molecule has 18 heavy (non-hydrogen) atoms. The fraction of sp³-hybridized carbons (Fsp3) is 0.0833. The molecule has 0 aliphatic heterocycles. The topological polar surface area (TPSA) is 80.7 Å². The second-order valence-corrected chi connectivity index (χ2v) is 3.62. The zero-order valence-corrected chi connectivity index (χ0v) is 9.66. The van der Waals surface area contributed by atoms with Crippen LogP contribution in [0.15, 0.2) is 45.9 Å². The van der Waals surface area contributed by atoms with Crippen molar-refractivity contribution in [3.63, 3.8) is 0 Å². The van der Waals surface area contributed by atoms with Crippen LogP contribution in [0.4, 0.5) is 11.4 Å². The van der Waals surface area contributed by atoms with Crippen LogP contribution in [0.5, 0.6) is 0 Å². The van der Waals surface area contributed by atoms with Crippen LogP contribution in [0.3, 0.4) is 0 Å². The lowest BCUT2D eigenvalue weighted by atomic mass is 10.3. The van der Waals surface area contributed by atoms with Crippen molar-refractivity contribution in [2.75, 3.05) is 5.43 Å². The van der Waals surface area contributed by atoms with E-state index < -0.39 is 4.92 Å². The molecule has 0 aliphatic rings. The molecular formula is C12H11N3O3. The van der Waals surface area contributed by atoms with Gasteiger partial charge in [-0.15, -0.1) is 0 Å². The summed E-state index contributed by atoms with van der Waals surface area (Å²) in [7, 11) is 0. The zero-order valence-electron chi connectivity index (χ0n) is 9.66. The molecule has 1 N–H and O–H groups in total. The van der Waals surface area contributed by atoms with Gasteiger partial charge < -0.3 is 4.42 Å². The van der Waals surface area contributed by atoms with E-state index in [9.17, 15) is 10.1 Å². The van der Waals surface area contributed by atoms with Gasteiger partial charge in [-0.1, -0.05) is 0 Å². The number of benzene rings is 1. The van der Waals surface area contributed by atoms with E-state index in [-0.39, 0.29) is 5.69 Å². The Labute approximate surface area is 103 Å². The molecule has 0 fully saturated rings. The van der Waals surface area contributed by atoms with Gasteiger partial charge in [-0.05, 0) is 31.2 Å². The summed E-state index contributed by atoms with van der Waals surface area (Å²) in [6.07, 6.45) is 1.54. The highest BCUT2D eigenvalue weighted by molar-refractivity contribution is 5.76. The molecule has 92 valence electrons. The second-order valence-electron chi connectivity index (χ2n) is 3.62. The van der Waals surface area contributed by atoms with Gasteiger partial charge in [0.05, 0.1) is 16.8 Å². The predicted octanol–water partition coefficient (Wildman–Crippen LogP) is 2.94. The van der Waals surface area contributed by atoms with Crippen molar-refractivity contribution in [2.45, 2.75) is 6.92 Å². The SMILES string of the molecule is Cc1ccc(/C=N\Nc2ccc([N+](=O)[O-])cc2)o1. The van der Waals surface area contributed by atoms with E-state index in [2.05, 4.69) is 10.5 Å². The van der Waals surface area contributed by atoms with E-state index in [4.69, 9.17) is 4.42 Å². The van der Waals surface area contributed by atoms with E-state index in [0.717, 1.165) is 5.76 Å². The minimum atomic E-state index is -0.446. The van der Waals surface area contributed by atoms with E-state index >= 15 is 0 Å². The number of furan rings is 1. The maximum absolute atomic E-state index is 10.5. The van der Waals surface area contributed by atoms with Crippen molar-refractivity contribution in [3.05, 3.63) is 58.0 Å². The normalized spacial score (nSPS) is 10.7. The number of non-ortho nitro benzene ring substituents is 1. The lowest BCUT2D eigenvalue weighted by molar-refractivity contribution is -0.384. The molecular weight excluding hydrogens is 234 g/mol. The van der Waals surface area contributed by atoms with Crippen LogP contribution in [0.2, 0.25) is 0 Å². The molecule has 0 aliphatic carbocycles. The van der Waals surface area contributed by atoms with Gasteiger partial charge in [-0.25, -0.2) is 0 Å². The summed E-state index contributed by atoms with van der Waals surface area (Å²) in [5.74, 6) is 1.45. The monoisotopic (exact) mass is 245 g/mol. The van der Waals surface area contributed by atoms with Gasteiger partial charge in [-0.3, -0.25) is 15.5 Å². The number of rotatable bonds is 4. The predicted molar refractivity (Wildman–Crippen MR) is 67.8 cm³/mol. The first kappa shape index (κ1) is 11.8. The maximum atomic E-state index is 10.5. The van der Waals surface area contributed by atoms with Gasteiger partial charge >= 0.3 is 0 Å². The van der Waals surface area contributed by atoms with Gasteiger partial charge in [0.1, 0.15) is 11.5 Å². The summed E-state index contributed by atoms with van der Waals surface area (Å²) in [5.41, 5.74) is 3.47. The fourth-order valence-corrected chi connectivity index (χ4v) is 1.35. The van der Waals surface area contributed by atoms with Crippen molar-refractivity contribution in [3.8, 4) is 0 Å². The van der Waals surface area contributed by atoms with Crippen molar-refractivity contribution >= 4 is 17.6 Å². The number of nitrogens with one attached hydrogen (secondary N) is 1. The molecule has 0 spiro atoms. The van der Waals surface area contributed by atoms with Gasteiger partial charge in [-0.2, -0.15) is 5.10 Å². The van der Waals surface area contributed by atoms with Crippen molar-refractivity contribution in [1.82, 2.24) is 0 Å². The highest BCUT2D eigenvalue weighted by atomic mass is 16.6. The highest BCUT2D eigenvalue weighted by Gasteiger charge is 2.02. The Morgan fingerprint density at radius 3 is 2.56 bits per heavy atom. The standard InChI is InChI=1S/C12H11N3O3/c1-9-2-7-12(18-9)8-13-14-10-3-5-11(6-4-10)15(16)17/h2-8,14H,1H3/b13-8-. The van der Waals surface area contributed by atoms with Crippen LogP contribution in [0, 0.1) is 17.0 Å². The van der Waals surface area contributed by atoms with Crippen molar-refractivity contribution in [1.29, 1.82) is 0 Å². The van der Waals surface area contributed by atoms with Gasteiger partial charge in [0.25, 0.3) is 5.69 Å². The first-order valence-electron chi connectivity index (χ1n) is 5.25. The van der Waals surface area contributed by atoms with Gasteiger partial charge in [0, 0.05) is 12.1 Å². The fourth-order valence-electron chi connectivity index (χ4n) is 1.35. The van der Waals surface area contributed by atoms with Gasteiger partial charge in [0.2, 0.25) is 0 Å². The molecule has 1 aromatic carbocycles. The molecule has 1 aromatic heterocycles. The Balaban J connectivity index is 1.98. The number of hydrazone groups is 1. The Hall–Kier alpha value is -2.63. The Morgan fingerprint density at radius 2 is 2.00 bits per heavy atom. The third kappa shape index (κ3) is 2.94. The second kappa shape index (κ2) is 5.13. The number of hydrogen-bond donors (Lipinski definition) is 1. The number of aryl methyl sites for hydroxylation is 1. The van der Waals surface area contributed by atoms with Crippen LogP contribution in [0.25, 0.3) is 0 Å². The number of anilines is 1. The summed E-state index contributed by atoms with van der Waals surface area (Å²) in [6.45, 7) is 1.85. The van der Waals surface area contributed by atoms with Crippen molar-refractivity contribution < 1.29 is 9.34 Å². The number of nitrogens with zero attached hydrogens (tertiary/aromatic N) is 2. The molecule has 2 rings (SSSR count). The lowest BCUT2D eigenvalue weighted by Gasteiger charge is -1.98. The first-order chi connectivity index (χ1) is 8.65. The van der Waals surface area contributed by atoms with Crippen LogP contribution in [-0.2, 0) is 0 Å². The van der Waals surface area contributed by atoms with Crippen LogP contribution in [-0.4, -0.2) is 11.1 Å². The largest absolute Gasteiger partial charge is 0.460 e. The molecule has 0 atom stereocenters. The van der Waals surface area contributed by atoms with E-state index in [1.54, 1.807) is 18.2 Å². The Bertz CT molecular complexity index is 573. The first-order valence-corrected chi connectivity index (χ1v) is 5.25. The third-order valence-electron chi connectivity index (χ3n) is 2.22. The molecule has 6 heteroatoms. The molecule has 0 saturated heterocycles. The average molecular weight is 245 g/mol. The summed E-state index contributed by atoms with van der Waals surface area (Å²) in [6, 6.07) is 9.64. The smallest absolute Gasteiger partial charge is 0.269 e. The summed E-state index contributed by atoms with van der Waals surface area (Å²) in [5, 5.41) is 14.4. The summed E-state index contributed by atoms with van der Waals surface area (Å²) in [4.78, 5) is 10.0. The quantitative estimate of drug-likeness (QED) is 0.510.